The summed E-state index contributed by atoms with van der Waals surface area (Å²) in [5.74, 6) is 0.580. The number of nitrogens with one attached hydrogen (secondary N) is 1. The zero-order valence-electron chi connectivity index (χ0n) is 8.96. The molecule has 0 saturated heterocycles. The van der Waals surface area contributed by atoms with Crippen molar-refractivity contribution in [2.24, 2.45) is 5.92 Å². The molecule has 1 saturated carbocycles. The summed E-state index contributed by atoms with van der Waals surface area (Å²) in [4.78, 5) is 24.4. The van der Waals surface area contributed by atoms with E-state index in [0.29, 0.717) is 12.5 Å². The van der Waals surface area contributed by atoms with Crippen LogP contribution in [0.3, 0.4) is 0 Å². The zero-order valence-corrected chi connectivity index (χ0v) is 9.72. The predicted octanol–water partition coefficient (Wildman–Crippen LogP) is 1.58. The first-order chi connectivity index (χ1) is 7.17. The number of hydrogen-bond acceptors (Lipinski definition) is 2. The van der Waals surface area contributed by atoms with Crippen LogP contribution in [0.2, 0.25) is 0 Å². The Bertz CT molecular complexity index is 242. The number of halogens is 1. The lowest BCUT2D eigenvalue weighted by Crippen LogP contribution is -2.43. The first-order valence-electron chi connectivity index (χ1n) is 5.32. The van der Waals surface area contributed by atoms with Crippen LogP contribution in [-0.4, -0.2) is 35.8 Å². The average Bonchev–Trinajstić information content (AvgIpc) is 2.97. The number of carbonyl (C=O) groups is 2. The molecule has 1 fully saturated rings. The Kier molecular flexibility index (Phi) is 4.88. The summed E-state index contributed by atoms with van der Waals surface area (Å²) in [6.07, 6.45) is 2.58. The number of urea groups is 1. The standard InChI is InChI=1S/C10H17ClN2O2/c1-2-13(7-8-3-4-8)10(15)12-9(14)5-6-11/h8H,2-7H2,1H3,(H,12,14,15). The fourth-order valence-electron chi connectivity index (χ4n) is 1.31. The molecule has 1 N–H and O–H groups in total. The normalized spacial score (nSPS) is 14.8. The molecule has 0 bridgehead atoms. The molecule has 3 amide bonds. The molecule has 0 unspecified atom stereocenters. The van der Waals surface area contributed by atoms with Crippen molar-refractivity contribution < 1.29 is 9.59 Å². The fourth-order valence-corrected chi connectivity index (χ4v) is 1.49. The highest BCUT2D eigenvalue weighted by molar-refractivity contribution is 6.19. The monoisotopic (exact) mass is 232 g/mol. The Labute approximate surface area is 95.0 Å². The van der Waals surface area contributed by atoms with Gasteiger partial charge in [0, 0.05) is 25.4 Å². The van der Waals surface area contributed by atoms with Crippen molar-refractivity contribution in [3.05, 3.63) is 0 Å². The van der Waals surface area contributed by atoms with Crippen molar-refractivity contribution >= 4 is 23.5 Å². The van der Waals surface area contributed by atoms with E-state index in [1.165, 1.54) is 12.8 Å². The third-order valence-corrected chi connectivity index (χ3v) is 2.60. The minimum Gasteiger partial charge on any atom is -0.324 e. The maximum atomic E-state index is 11.6. The Morgan fingerprint density at radius 3 is 2.60 bits per heavy atom. The Morgan fingerprint density at radius 2 is 2.13 bits per heavy atom. The Balaban J connectivity index is 2.31. The molecule has 15 heavy (non-hydrogen) atoms. The van der Waals surface area contributed by atoms with Crippen LogP contribution in [0.25, 0.3) is 0 Å². The molecule has 1 rings (SSSR count). The number of amides is 3. The molecule has 0 atom stereocenters. The second-order valence-corrected chi connectivity index (χ2v) is 4.15. The maximum absolute atomic E-state index is 11.6. The van der Waals surface area contributed by atoms with Crippen LogP contribution in [0.15, 0.2) is 0 Å². The van der Waals surface area contributed by atoms with E-state index < -0.39 is 0 Å². The SMILES string of the molecule is CCN(CC1CC1)C(=O)NC(=O)CCCl. The summed E-state index contributed by atoms with van der Waals surface area (Å²) in [7, 11) is 0. The maximum Gasteiger partial charge on any atom is 0.324 e. The number of nitrogens with zero attached hydrogens (tertiary/aromatic N) is 1. The molecule has 0 aromatic heterocycles. The average molecular weight is 233 g/mol. The summed E-state index contributed by atoms with van der Waals surface area (Å²) < 4.78 is 0. The molecule has 0 radical (unpaired) electrons. The van der Waals surface area contributed by atoms with E-state index in [0.717, 1.165) is 6.54 Å². The summed E-state index contributed by atoms with van der Waals surface area (Å²) >= 11 is 5.40. The Hall–Kier alpha value is -0.770. The molecule has 1 aliphatic carbocycles. The number of alkyl halides is 1. The van der Waals surface area contributed by atoms with Gasteiger partial charge in [0.25, 0.3) is 0 Å². The summed E-state index contributed by atoms with van der Waals surface area (Å²) in [5.41, 5.74) is 0. The topological polar surface area (TPSA) is 49.4 Å². The molecule has 1 aliphatic rings. The van der Waals surface area contributed by atoms with Gasteiger partial charge in [-0.1, -0.05) is 0 Å². The van der Waals surface area contributed by atoms with Crippen molar-refractivity contribution in [3.63, 3.8) is 0 Å². The fraction of sp³-hybridized carbons (Fsp3) is 0.800. The number of rotatable bonds is 5. The molecule has 0 heterocycles. The lowest BCUT2D eigenvalue weighted by molar-refractivity contribution is -0.119. The minimum absolute atomic E-state index is 0.189. The van der Waals surface area contributed by atoms with Crippen LogP contribution in [0.1, 0.15) is 26.2 Å². The zero-order chi connectivity index (χ0) is 11.3. The molecule has 0 aromatic rings. The third kappa shape index (κ3) is 4.51. The largest absolute Gasteiger partial charge is 0.324 e. The van der Waals surface area contributed by atoms with Gasteiger partial charge in [-0.3, -0.25) is 10.1 Å². The van der Waals surface area contributed by atoms with Crippen molar-refractivity contribution in [2.75, 3.05) is 19.0 Å². The third-order valence-electron chi connectivity index (χ3n) is 2.41. The number of carbonyl (C=O) groups excluding carboxylic acids is 2. The minimum atomic E-state index is -0.302. The number of hydrogen-bond donors (Lipinski definition) is 1. The first kappa shape index (κ1) is 12.3. The van der Waals surface area contributed by atoms with E-state index in [4.69, 9.17) is 11.6 Å². The lowest BCUT2D eigenvalue weighted by Gasteiger charge is -2.20. The summed E-state index contributed by atoms with van der Waals surface area (Å²) in [5, 5.41) is 2.33. The second kappa shape index (κ2) is 5.95. The molecule has 86 valence electrons. The first-order valence-corrected chi connectivity index (χ1v) is 5.85. The van der Waals surface area contributed by atoms with Gasteiger partial charge < -0.3 is 4.90 Å². The Morgan fingerprint density at radius 1 is 1.47 bits per heavy atom. The van der Waals surface area contributed by atoms with Gasteiger partial charge in [-0.15, -0.1) is 11.6 Å². The van der Waals surface area contributed by atoms with Crippen LogP contribution in [-0.2, 0) is 4.79 Å². The van der Waals surface area contributed by atoms with Gasteiger partial charge in [0.05, 0.1) is 0 Å². The van der Waals surface area contributed by atoms with Gasteiger partial charge in [-0.05, 0) is 25.7 Å². The van der Waals surface area contributed by atoms with Crippen LogP contribution in [0.5, 0.6) is 0 Å². The van der Waals surface area contributed by atoms with Crippen LogP contribution >= 0.6 is 11.6 Å². The second-order valence-electron chi connectivity index (χ2n) is 3.77. The van der Waals surface area contributed by atoms with Crippen molar-refractivity contribution in [2.45, 2.75) is 26.2 Å². The van der Waals surface area contributed by atoms with Crippen LogP contribution in [0.4, 0.5) is 4.79 Å². The highest BCUT2D eigenvalue weighted by atomic mass is 35.5. The van der Waals surface area contributed by atoms with E-state index in [2.05, 4.69) is 5.32 Å². The lowest BCUT2D eigenvalue weighted by atomic mass is 10.4. The van der Waals surface area contributed by atoms with Gasteiger partial charge in [0.15, 0.2) is 0 Å². The van der Waals surface area contributed by atoms with Gasteiger partial charge in [-0.2, -0.15) is 0 Å². The molecule has 4 nitrogen and oxygen atoms in total. The molecule has 0 aromatic carbocycles. The summed E-state index contributed by atoms with van der Waals surface area (Å²) in [6, 6.07) is -0.292. The summed E-state index contributed by atoms with van der Waals surface area (Å²) in [6.45, 7) is 3.31. The smallest absolute Gasteiger partial charge is 0.324 e. The van der Waals surface area contributed by atoms with Crippen molar-refractivity contribution in [1.29, 1.82) is 0 Å². The van der Waals surface area contributed by atoms with E-state index in [-0.39, 0.29) is 24.2 Å². The molecule has 0 aliphatic heterocycles. The van der Waals surface area contributed by atoms with E-state index in [1.807, 2.05) is 6.92 Å². The van der Waals surface area contributed by atoms with E-state index in [9.17, 15) is 9.59 Å². The van der Waals surface area contributed by atoms with Crippen LogP contribution < -0.4 is 5.32 Å². The van der Waals surface area contributed by atoms with E-state index in [1.54, 1.807) is 4.90 Å². The molecule has 5 heteroatoms. The molecular formula is C10H17ClN2O2. The van der Waals surface area contributed by atoms with Gasteiger partial charge in [-0.25, -0.2) is 4.79 Å². The van der Waals surface area contributed by atoms with Crippen molar-refractivity contribution in [3.8, 4) is 0 Å². The molecule has 0 spiro atoms. The predicted molar refractivity (Wildman–Crippen MR) is 58.8 cm³/mol. The van der Waals surface area contributed by atoms with Gasteiger partial charge in [0.2, 0.25) is 5.91 Å². The number of imide groups is 1. The quantitative estimate of drug-likeness (QED) is 0.732. The highest BCUT2D eigenvalue weighted by Crippen LogP contribution is 2.29. The van der Waals surface area contributed by atoms with Crippen molar-refractivity contribution in [1.82, 2.24) is 10.2 Å². The van der Waals surface area contributed by atoms with Gasteiger partial charge >= 0.3 is 6.03 Å². The van der Waals surface area contributed by atoms with Crippen LogP contribution in [0, 0.1) is 5.92 Å². The van der Waals surface area contributed by atoms with Gasteiger partial charge in [0.1, 0.15) is 0 Å². The molecular weight excluding hydrogens is 216 g/mol. The van der Waals surface area contributed by atoms with E-state index >= 15 is 0 Å². The highest BCUT2D eigenvalue weighted by Gasteiger charge is 2.26.